The number of anilines is 2. The van der Waals surface area contributed by atoms with Gasteiger partial charge in [-0.2, -0.15) is 0 Å². The molecular formula is C23H28F2N6O3S. The van der Waals surface area contributed by atoms with E-state index < -0.39 is 27.7 Å². The molecule has 1 saturated carbocycles. The molecule has 1 aliphatic carbocycles. The van der Waals surface area contributed by atoms with Crippen molar-refractivity contribution >= 4 is 21.7 Å². The maximum absolute atomic E-state index is 13.5. The number of nitrogens with zero attached hydrogens (tertiary/aromatic N) is 5. The lowest BCUT2D eigenvalue weighted by Gasteiger charge is -2.22. The smallest absolute Gasteiger partial charge is 0.248 e. The van der Waals surface area contributed by atoms with Crippen LogP contribution >= 0.6 is 0 Å². The van der Waals surface area contributed by atoms with Gasteiger partial charge in [-0.05, 0) is 54.5 Å². The van der Waals surface area contributed by atoms with Gasteiger partial charge >= 0.3 is 0 Å². The van der Waals surface area contributed by atoms with E-state index in [1.54, 1.807) is 12.1 Å². The van der Waals surface area contributed by atoms with Gasteiger partial charge < -0.3 is 15.1 Å². The molecule has 0 spiro atoms. The summed E-state index contributed by atoms with van der Waals surface area (Å²) < 4.78 is 57.9. The van der Waals surface area contributed by atoms with Crippen LogP contribution in [0.25, 0.3) is 11.5 Å². The van der Waals surface area contributed by atoms with E-state index in [2.05, 4.69) is 22.1 Å². The van der Waals surface area contributed by atoms with Crippen LogP contribution in [0.5, 0.6) is 0 Å². The van der Waals surface area contributed by atoms with Crippen molar-refractivity contribution < 1.29 is 21.6 Å². The Balaban J connectivity index is 1.62. The molecule has 3 aromatic rings. The molecule has 12 heteroatoms. The minimum absolute atomic E-state index is 0.112. The quantitative estimate of drug-likeness (QED) is 0.470. The summed E-state index contributed by atoms with van der Waals surface area (Å²) >= 11 is 0. The Labute approximate surface area is 203 Å². The fourth-order valence-corrected chi connectivity index (χ4v) is 4.19. The average molecular weight is 507 g/mol. The lowest BCUT2D eigenvalue weighted by atomic mass is 10.1. The number of sulfonamides is 1. The van der Waals surface area contributed by atoms with Crippen molar-refractivity contribution in [1.29, 1.82) is 0 Å². The van der Waals surface area contributed by atoms with Crippen LogP contribution in [0.3, 0.4) is 0 Å². The average Bonchev–Trinajstić information content (AvgIpc) is 3.27. The maximum Gasteiger partial charge on any atom is 0.248 e. The zero-order valence-corrected chi connectivity index (χ0v) is 20.8. The van der Waals surface area contributed by atoms with Crippen molar-refractivity contribution in [3.8, 4) is 11.5 Å². The zero-order valence-electron chi connectivity index (χ0n) is 19.9. The third-order valence-corrected chi connectivity index (χ3v) is 7.42. The van der Waals surface area contributed by atoms with Crippen molar-refractivity contribution in [3.63, 3.8) is 0 Å². The molecule has 2 aromatic heterocycles. The van der Waals surface area contributed by atoms with Crippen LogP contribution in [0, 0.1) is 23.5 Å². The van der Waals surface area contributed by atoms with Gasteiger partial charge in [0.1, 0.15) is 11.6 Å². The molecule has 0 amide bonds. The number of halogens is 2. The molecule has 2 heterocycles. The molecule has 0 bridgehead atoms. The second-order valence-corrected chi connectivity index (χ2v) is 11.2. The monoisotopic (exact) mass is 506 g/mol. The number of hydrogen-bond acceptors (Lipinski definition) is 8. The summed E-state index contributed by atoms with van der Waals surface area (Å²) in [7, 11) is -0.235. The van der Waals surface area contributed by atoms with Gasteiger partial charge in [-0.15, -0.1) is 10.2 Å². The predicted molar refractivity (Wildman–Crippen MR) is 128 cm³/mol. The lowest BCUT2D eigenvalue weighted by molar-refractivity contribution is 0.455. The molecule has 3 atom stereocenters. The van der Waals surface area contributed by atoms with Crippen LogP contribution in [0.15, 0.2) is 34.7 Å². The molecule has 1 fully saturated rings. The Kier molecular flexibility index (Phi) is 6.78. The molecule has 188 valence electrons. The van der Waals surface area contributed by atoms with Gasteiger partial charge in [-0.3, -0.25) is 4.31 Å². The van der Waals surface area contributed by atoms with Crippen molar-refractivity contribution in [2.75, 3.05) is 36.1 Å². The highest BCUT2D eigenvalue weighted by Gasteiger charge is 2.33. The highest BCUT2D eigenvalue weighted by Crippen LogP contribution is 2.39. The van der Waals surface area contributed by atoms with Gasteiger partial charge in [0.2, 0.25) is 21.8 Å². The number of rotatable bonds is 9. The van der Waals surface area contributed by atoms with Crippen LogP contribution < -0.4 is 14.9 Å². The zero-order chi connectivity index (χ0) is 25.5. The highest BCUT2D eigenvalue weighted by molar-refractivity contribution is 7.92. The normalized spacial score (nSPS) is 18.4. The standard InChI is InChI=1S/C23H28F2N6O3S/c1-13-7-16(13)12-30(2)20-10-15(11-21(27-20)31(3)35(4,32)33)22-28-29-23(34-22)19(26)9-14-5-6-17(24)18(25)8-14/h5-6,8,10-11,13,16,19H,7,9,12,26H2,1-4H3. The molecule has 1 aromatic carbocycles. The van der Waals surface area contributed by atoms with Crippen molar-refractivity contribution in [1.82, 2.24) is 15.2 Å². The molecule has 9 nitrogen and oxygen atoms in total. The Hall–Kier alpha value is -3.12. The first-order valence-corrected chi connectivity index (χ1v) is 13.0. The van der Waals surface area contributed by atoms with Crippen molar-refractivity contribution in [2.45, 2.75) is 25.8 Å². The Morgan fingerprint density at radius 2 is 1.83 bits per heavy atom. The Morgan fingerprint density at radius 1 is 1.14 bits per heavy atom. The first-order valence-electron chi connectivity index (χ1n) is 11.1. The van der Waals surface area contributed by atoms with Crippen molar-refractivity contribution in [2.24, 2.45) is 17.6 Å². The van der Waals surface area contributed by atoms with Gasteiger partial charge in [0.15, 0.2) is 11.6 Å². The van der Waals surface area contributed by atoms with Gasteiger partial charge in [0, 0.05) is 26.2 Å². The SMILES string of the molecule is CC1CC1CN(C)c1cc(-c2nnc(C(N)Cc3ccc(F)c(F)c3)o2)cc(N(C)S(C)(=O)=O)n1. The van der Waals surface area contributed by atoms with Crippen LogP contribution in [-0.2, 0) is 16.4 Å². The fourth-order valence-electron chi connectivity index (χ4n) is 3.76. The summed E-state index contributed by atoms with van der Waals surface area (Å²) in [4.78, 5) is 6.51. The molecule has 3 unspecified atom stereocenters. The molecule has 0 saturated heterocycles. The lowest BCUT2D eigenvalue weighted by Crippen LogP contribution is -2.27. The third kappa shape index (κ3) is 5.76. The van der Waals surface area contributed by atoms with Gasteiger partial charge in [0.05, 0.1) is 12.3 Å². The van der Waals surface area contributed by atoms with Gasteiger partial charge in [-0.25, -0.2) is 22.2 Å². The topological polar surface area (TPSA) is 118 Å². The summed E-state index contributed by atoms with van der Waals surface area (Å²) in [6.45, 7) is 2.97. The number of nitrogens with two attached hydrogens (primary N) is 1. The van der Waals surface area contributed by atoms with Crippen LogP contribution in [0.4, 0.5) is 20.4 Å². The van der Waals surface area contributed by atoms with Crippen LogP contribution in [0.2, 0.25) is 0 Å². The molecular weight excluding hydrogens is 478 g/mol. The number of hydrogen-bond donors (Lipinski definition) is 1. The van der Waals surface area contributed by atoms with Crippen LogP contribution in [0.1, 0.15) is 30.8 Å². The van der Waals surface area contributed by atoms with E-state index in [0.29, 0.717) is 28.8 Å². The Morgan fingerprint density at radius 3 is 2.46 bits per heavy atom. The second kappa shape index (κ2) is 9.50. The predicted octanol–water partition coefficient (Wildman–Crippen LogP) is 3.14. The molecule has 4 rings (SSSR count). The highest BCUT2D eigenvalue weighted by atomic mass is 32.2. The Bertz CT molecular complexity index is 1330. The minimum Gasteiger partial charge on any atom is -0.419 e. The molecule has 1 aliphatic rings. The van der Waals surface area contributed by atoms with Crippen LogP contribution in [-0.4, -0.2) is 50.5 Å². The largest absolute Gasteiger partial charge is 0.419 e. The molecule has 0 radical (unpaired) electrons. The van der Waals surface area contributed by atoms with E-state index >= 15 is 0 Å². The molecule has 2 N–H and O–H groups in total. The summed E-state index contributed by atoms with van der Waals surface area (Å²) in [5, 5.41) is 8.10. The fraction of sp³-hybridized carbons (Fsp3) is 0.435. The number of aromatic nitrogens is 3. The first-order chi connectivity index (χ1) is 16.4. The molecule has 35 heavy (non-hydrogen) atoms. The third-order valence-electron chi connectivity index (χ3n) is 6.24. The van der Waals surface area contributed by atoms with E-state index in [4.69, 9.17) is 10.2 Å². The molecule has 0 aliphatic heterocycles. The number of pyridine rings is 1. The van der Waals surface area contributed by atoms with E-state index in [1.807, 2.05) is 11.9 Å². The minimum atomic E-state index is -3.56. The van der Waals surface area contributed by atoms with Gasteiger partial charge in [-0.1, -0.05) is 13.0 Å². The summed E-state index contributed by atoms with van der Waals surface area (Å²) in [5.74, 6) is 0.338. The van der Waals surface area contributed by atoms with Crippen molar-refractivity contribution in [3.05, 3.63) is 53.4 Å². The van der Waals surface area contributed by atoms with E-state index in [1.165, 1.54) is 13.1 Å². The van der Waals surface area contributed by atoms with E-state index in [-0.39, 0.29) is 24.0 Å². The first kappa shape index (κ1) is 25.0. The maximum atomic E-state index is 13.5. The summed E-state index contributed by atoms with van der Waals surface area (Å²) in [5.41, 5.74) is 7.14. The number of benzene rings is 1. The second-order valence-electron chi connectivity index (χ2n) is 9.16. The van der Waals surface area contributed by atoms with E-state index in [0.717, 1.165) is 35.7 Å². The van der Waals surface area contributed by atoms with Gasteiger partial charge in [0.25, 0.3) is 0 Å². The van der Waals surface area contributed by atoms with E-state index in [9.17, 15) is 17.2 Å². The summed E-state index contributed by atoms with van der Waals surface area (Å²) in [6, 6.07) is 6.11. The summed E-state index contributed by atoms with van der Waals surface area (Å²) in [6.07, 6.45) is 2.40.